The molecule has 2 fully saturated rings. The number of ether oxygens (including phenoxy) is 2. The minimum absolute atomic E-state index is 0.327. The van der Waals surface area contributed by atoms with E-state index in [-0.39, 0.29) is 0 Å². The Morgan fingerprint density at radius 1 is 1.05 bits per heavy atom. The number of hydrogen-bond acceptors (Lipinski definition) is 7. The SMILES string of the molecule is CC1(c2ccc(Cl)cc2F)Oc2cccc(C3CCN(Cc4ncc(-c5nnn[nH]5)cc4C4CC4)CC3)c2O1. The lowest BCUT2D eigenvalue weighted by atomic mass is 9.88. The normalized spacial score (nSPS) is 21.4. The standard InChI is InChI=1S/C29H28ClFN6O2/c1-29(23-8-7-20(30)14-24(23)31)38-26-4-2-3-21(27(26)39-29)18-9-11-37(12-10-18)16-25-22(17-5-6-17)13-19(15-32-25)28-33-35-36-34-28/h2-4,7-8,13-15,17-18H,5-6,9-12,16H2,1H3,(H,33,34,35,36). The third-order valence-corrected chi connectivity index (χ3v) is 8.31. The van der Waals surface area contributed by atoms with Crippen molar-refractivity contribution in [1.82, 2.24) is 30.5 Å². The number of aromatic nitrogens is 5. The molecule has 2 aromatic carbocycles. The summed E-state index contributed by atoms with van der Waals surface area (Å²) in [6.07, 6.45) is 6.25. The molecule has 1 N–H and O–H groups in total. The number of para-hydroxylation sites is 1. The van der Waals surface area contributed by atoms with Gasteiger partial charge in [0.05, 0.1) is 11.3 Å². The van der Waals surface area contributed by atoms with E-state index in [0.717, 1.165) is 49.3 Å². The van der Waals surface area contributed by atoms with Crippen LogP contribution in [-0.4, -0.2) is 43.6 Å². The number of nitrogens with one attached hydrogen (secondary N) is 1. The molecule has 8 nitrogen and oxygen atoms in total. The summed E-state index contributed by atoms with van der Waals surface area (Å²) in [5.74, 6) is 1.21. The number of fused-ring (bicyclic) bond motifs is 1. The summed E-state index contributed by atoms with van der Waals surface area (Å²) in [6.45, 7) is 4.49. The van der Waals surface area contributed by atoms with E-state index in [4.69, 9.17) is 26.1 Å². The Morgan fingerprint density at radius 2 is 1.87 bits per heavy atom. The van der Waals surface area contributed by atoms with Crippen LogP contribution in [0.1, 0.15) is 66.8 Å². The number of tetrazole rings is 1. The molecule has 4 aromatic rings. The topological polar surface area (TPSA) is 89.0 Å². The highest BCUT2D eigenvalue weighted by molar-refractivity contribution is 6.30. The molecule has 1 unspecified atom stereocenters. The summed E-state index contributed by atoms with van der Waals surface area (Å²) in [6, 6.07) is 12.7. The highest BCUT2D eigenvalue weighted by Gasteiger charge is 2.43. The van der Waals surface area contributed by atoms with Gasteiger partial charge in [-0.3, -0.25) is 9.88 Å². The van der Waals surface area contributed by atoms with Gasteiger partial charge in [-0.15, -0.1) is 5.10 Å². The molecule has 10 heteroatoms. The number of rotatable bonds is 6. The molecule has 39 heavy (non-hydrogen) atoms. The van der Waals surface area contributed by atoms with Crippen LogP contribution in [-0.2, 0) is 12.3 Å². The Labute approximate surface area is 230 Å². The summed E-state index contributed by atoms with van der Waals surface area (Å²) < 4.78 is 27.3. The molecule has 0 bridgehead atoms. The van der Waals surface area contributed by atoms with Crippen molar-refractivity contribution in [2.24, 2.45) is 0 Å². The van der Waals surface area contributed by atoms with E-state index in [1.54, 1.807) is 19.1 Å². The first-order chi connectivity index (χ1) is 19.0. The molecule has 3 aliphatic rings. The van der Waals surface area contributed by atoms with Gasteiger partial charge < -0.3 is 9.47 Å². The number of benzene rings is 2. The number of aromatic amines is 1. The smallest absolute Gasteiger partial charge is 0.278 e. The number of hydrogen-bond donors (Lipinski definition) is 1. The van der Waals surface area contributed by atoms with E-state index in [9.17, 15) is 4.39 Å². The Morgan fingerprint density at radius 3 is 2.62 bits per heavy atom. The average Bonchev–Trinajstić information content (AvgIpc) is 3.50. The molecule has 1 saturated heterocycles. The summed E-state index contributed by atoms with van der Waals surface area (Å²) in [5, 5.41) is 14.6. The second-order valence-electron chi connectivity index (χ2n) is 10.8. The number of pyridine rings is 1. The van der Waals surface area contributed by atoms with Crippen LogP contribution in [0.25, 0.3) is 11.4 Å². The minimum atomic E-state index is -1.24. The van der Waals surface area contributed by atoms with Gasteiger partial charge in [0.1, 0.15) is 5.82 Å². The predicted molar refractivity (Wildman–Crippen MR) is 143 cm³/mol. The van der Waals surface area contributed by atoms with Crippen molar-refractivity contribution in [3.8, 4) is 22.9 Å². The molecule has 200 valence electrons. The summed E-state index contributed by atoms with van der Waals surface area (Å²) >= 11 is 5.96. The summed E-state index contributed by atoms with van der Waals surface area (Å²) in [5.41, 5.74) is 4.83. The zero-order chi connectivity index (χ0) is 26.6. The summed E-state index contributed by atoms with van der Waals surface area (Å²) in [4.78, 5) is 7.32. The highest BCUT2D eigenvalue weighted by Crippen LogP contribution is 2.50. The van der Waals surface area contributed by atoms with Crippen LogP contribution in [0.15, 0.2) is 48.7 Å². The van der Waals surface area contributed by atoms with Crippen molar-refractivity contribution in [2.45, 2.75) is 56.8 Å². The lowest BCUT2D eigenvalue weighted by Crippen LogP contribution is -2.34. The molecule has 1 atom stereocenters. The molecule has 0 spiro atoms. The fraction of sp³-hybridized carbons (Fsp3) is 0.379. The van der Waals surface area contributed by atoms with E-state index < -0.39 is 11.6 Å². The van der Waals surface area contributed by atoms with Crippen molar-refractivity contribution < 1.29 is 13.9 Å². The monoisotopic (exact) mass is 546 g/mol. The van der Waals surface area contributed by atoms with Crippen LogP contribution in [0.5, 0.6) is 11.5 Å². The van der Waals surface area contributed by atoms with E-state index in [2.05, 4.69) is 37.7 Å². The van der Waals surface area contributed by atoms with Crippen LogP contribution in [0, 0.1) is 5.82 Å². The van der Waals surface area contributed by atoms with Crippen molar-refractivity contribution in [1.29, 1.82) is 0 Å². The van der Waals surface area contributed by atoms with Crippen molar-refractivity contribution >= 4 is 11.6 Å². The average molecular weight is 547 g/mol. The number of piperidine rings is 1. The van der Waals surface area contributed by atoms with Gasteiger partial charge in [-0.25, -0.2) is 9.49 Å². The number of nitrogens with zero attached hydrogens (tertiary/aromatic N) is 5. The van der Waals surface area contributed by atoms with E-state index >= 15 is 0 Å². The molecule has 4 heterocycles. The molecular formula is C29H28ClFN6O2. The van der Waals surface area contributed by atoms with Gasteiger partial charge in [-0.05, 0) is 96.9 Å². The fourth-order valence-electron chi connectivity index (χ4n) is 5.85. The van der Waals surface area contributed by atoms with Gasteiger partial charge in [-0.1, -0.05) is 23.7 Å². The molecular weight excluding hydrogens is 519 g/mol. The molecule has 1 aliphatic carbocycles. The predicted octanol–water partition coefficient (Wildman–Crippen LogP) is 5.96. The third-order valence-electron chi connectivity index (χ3n) is 8.07. The Balaban J connectivity index is 1.05. The molecule has 1 saturated carbocycles. The van der Waals surface area contributed by atoms with Gasteiger partial charge in [0, 0.05) is 35.8 Å². The van der Waals surface area contributed by atoms with Crippen LogP contribution >= 0.6 is 11.6 Å². The molecule has 2 aromatic heterocycles. The zero-order valence-corrected chi connectivity index (χ0v) is 22.3. The summed E-state index contributed by atoms with van der Waals surface area (Å²) in [7, 11) is 0. The first-order valence-corrected chi connectivity index (χ1v) is 13.8. The molecule has 0 radical (unpaired) electrons. The molecule has 7 rings (SSSR count). The van der Waals surface area contributed by atoms with Crippen LogP contribution < -0.4 is 9.47 Å². The van der Waals surface area contributed by atoms with Gasteiger partial charge >= 0.3 is 0 Å². The fourth-order valence-corrected chi connectivity index (χ4v) is 6.01. The first-order valence-electron chi connectivity index (χ1n) is 13.4. The maximum Gasteiger partial charge on any atom is 0.278 e. The molecule has 0 amide bonds. The maximum atomic E-state index is 14.8. The molecule has 2 aliphatic heterocycles. The van der Waals surface area contributed by atoms with E-state index in [0.29, 0.717) is 39.7 Å². The van der Waals surface area contributed by atoms with Crippen LogP contribution in [0.3, 0.4) is 0 Å². The minimum Gasteiger partial charge on any atom is -0.444 e. The Hall–Kier alpha value is -3.56. The van der Waals surface area contributed by atoms with E-state index in [1.807, 2.05) is 18.3 Å². The van der Waals surface area contributed by atoms with E-state index in [1.165, 1.54) is 24.5 Å². The second-order valence-corrected chi connectivity index (χ2v) is 11.2. The second kappa shape index (κ2) is 9.57. The van der Waals surface area contributed by atoms with Gasteiger partial charge in [-0.2, -0.15) is 0 Å². The van der Waals surface area contributed by atoms with Crippen molar-refractivity contribution in [2.75, 3.05) is 13.1 Å². The van der Waals surface area contributed by atoms with Gasteiger partial charge in [0.15, 0.2) is 17.3 Å². The number of H-pyrrole nitrogens is 1. The quantitative estimate of drug-likeness (QED) is 0.319. The van der Waals surface area contributed by atoms with Gasteiger partial charge in [0.2, 0.25) is 0 Å². The van der Waals surface area contributed by atoms with Crippen molar-refractivity contribution in [3.63, 3.8) is 0 Å². The maximum absolute atomic E-state index is 14.8. The lowest BCUT2D eigenvalue weighted by Gasteiger charge is -2.33. The Bertz CT molecular complexity index is 1520. The van der Waals surface area contributed by atoms with Crippen molar-refractivity contribution in [3.05, 3.63) is 81.9 Å². The number of likely N-dealkylation sites (tertiary alicyclic amines) is 1. The highest BCUT2D eigenvalue weighted by atomic mass is 35.5. The lowest BCUT2D eigenvalue weighted by molar-refractivity contribution is -0.0712. The van der Waals surface area contributed by atoms with Gasteiger partial charge in [0.25, 0.3) is 5.79 Å². The van der Waals surface area contributed by atoms with Crippen LogP contribution in [0.2, 0.25) is 5.02 Å². The third kappa shape index (κ3) is 4.63. The first kappa shape index (κ1) is 24.5. The largest absolute Gasteiger partial charge is 0.444 e. The van der Waals surface area contributed by atoms with Crippen LogP contribution in [0.4, 0.5) is 4.39 Å². The Kier molecular flexibility index (Phi) is 6.01. The zero-order valence-electron chi connectivity index (χ0n) is 21.5. The number of halogens is 2.